The first kappa shape index (κ1) is 22.8. The van der Waals surface area contributed by atoms with Crippen molar-refractivity contribution in [1.29, 1.82) is 0 Å². The van der Waals surface area contributed by atoms with Gasteiger partial charge in [0.2, 0.25) is 5.78 Å². The van der Waals surface area contributed by atoms with E-state index in [-0.39, 0.29) is 23.6 Å². The summed E-state index contributed by atoms with van der Waals surface area (Å²) in [4.78, 5) is 39.6. The number of hydrogen-bond donors (Lipinski definition) is 1. The molecule has 0 aromatic carbocycles. The number of carbonyl (C=O) groups is 3. The van der Waals surface area contributed by atoms with E-state index < -0.39 is 51.0 Å². The molecule has 186 valence electrons. The number of ether oxygens (including phenoxy) is 2. The lowest BCUT2D eigenvalue weighted by Gasteiger charge is -2.64. The molecule has 2 saturated carbocycles. The molecule has 35 heavy (non-hydrogen) atoms. The summed E-state index contributed by atoms with van der Waals surface area (Å²) in [5.41, 5.74) is -3.06. The summed E-state index contributed by atoms with van der Waals surface area (Å²) in [6.45, 7) is 10.8. The standard InChI is InChI=1S/C28H32O7/c1-14(29)34-17-12-26(5)16(15-8-10-33-13-15)11-19-28(26,35-19)27(6)21(17)25(4)9-7-18(30)24(2,3)22(25)20(31)23(27)32/h7-10,13,16-17,19,21,31H,11-12H2,1-6H3/t16?,17-,19-,21?,25-,26+,27+,28-/m1/s1. The van der Waals surface area contributed by atoms with Crippen molar-refractivity contribution in [1.82, 2.24) is 0 Å². The second kappa shape index (κ2) is 6.36. The number of epoxide rings is 1. The van der Waals surface area contributed by atoms with Gasteiger partial charge in [0, 0.05) is 23.7 Å². The lowest BCUT2D eigenvalue weighted by molar-refractivity contribution is -0.200. The molecule has 1 aliphatic heterocycles. The number of aliphatic hydroxyl groups is 1. The molecule has 0 bridgehead atoms. The highest BCUT2D eigenvalue weighted by Gasteiger charge is 2.88. The lowest BCUT2D eigenvalue weighted by Crippen LogP contribution is -2.70. The van der Waals surface area contributed by atoms with E-state index in [2.05, 4.69) is 6.92 Å². The monoisotopic (exact) mass is 480 g/mol. The van der Waals surface area contributed by atoms with Gasteiger partial charge in [0.15, 0.2) is 11.5 Å². The van der Waals surface area contributed by atoms with Crippen molar-refractivity contribution >= 4 is 17.5 Å². The number of aliphatic hydroxyl groups excluding tert-OH is 1. The molecule has 1 N–H and O–H groups in total. The Balaban J connectivity index is 1.62. The zero-order valence-electron chi connectivity index (χ0n) is 21.0. The fraction of sp³-hybridized carbons (Fsp3) is 0.607. The average Bonchev–Trinajstić information content (AvgIpc) is 3.13. The Morgan fingerprint density at radius 1 is 1.17 bits per heavy atom. The molecular formula is C28H32O7. The number of rotatable bonds is 2. The fourth-order valence-electron chi connectivity index (χ4n) is 9.22. The van der Waals surface area contributed by atoms with E-state index in [4.69, 9.17) is 13.9 Å². The van der Waals surface area contributed by atoms with Crippen LogP contribution in [0.4, 0.5) is 0 Å². The molecule has 1 saturated heterocycles. The van der Waals surface area contributed by atoms with Gasteiger partial charge in [0.25, 0.3) is 0 Å². The Labute approximate surface area is 204 Å². The van der Waals surface area contributed by atoms with Crippen LogP contribution in [0.3, 0.4) is 0 Å². The highest BCUT2D eigenvalue weighted by molar-refractivity contribution is 6.06. The molecule has 1 aromatic rings. The molecule has 0 radical (unpaired) electrons. The van der Waals surface area contributed by atoms with Gasteiger partial charge < -0.3 is 19.0 Å². The quantitative estimate of drug-likeness (QED) is 0.493. The Bertz CT molecular complexity index is 1240. The molecule has 0 amide bonds. The smallest absolute Gasteiger partial charge is 0.302 e. The van der Waals surface area contributed by atoms with Crippen LogP contribution < -0.4 is 0 Å². The number of furan rings is 1. The molecule has 1 aromatic heterocycles. The SMILES string of the molecule is CC(=O)O[C@@H]1C[C@@]2(C)C(c3ccoc3)C[C@H]3O[C@]32[C@]2(C)C(=O)C(O)=C3C(C)(C)C(=O)C=C[C@]3(C)C12. The highest BCUT2D eigenvalue weighted by atomic mass is 16.6. The third kappa shape index (κ3) is 2.30. The molecule has 4 aliphatic carbocycles. The van der Waals surface area contributed by atoms with Gasteiger partial charge >= 0.3 is 5.97 Å². The number of Topliss-reactive ketones (excluding diaryl/α,β-unsaturated/α-hetero) is 1. The van der Waals surface area contributed by atoms with E-state index in [0.29, 0.717) is 18.4 Å². The number of ketones is 2. The summed E-state index contributed by atoms with van der Waals surface area (Å²) in [6, 6.07) is 1.95. The predicted octanol–water partition coefficient (Wildman–Crippen LogP) is 4.43. The fourth-order valence-corrected chi connectivity index (χ4v) is 9.22. The minimum atomic E-state index is -1.17. The van der Waals surface area contributed by atoms with Gasteiger partial charge in [-0.3, -0.25) is 14.4 Å². The van der Waals surface area contributed by atoms with Crippen LogP contribution in [-0.2, 0) is 23.9 Å². The first-order valence-corrected chi connectivity index (χ1v) is 12.4. The maximum atomic E-state index is 14.3. The van der Waals surface area contributed by atoms with Crippen LogP contribution in [0.2, 0.25) is 0 Å². The van der Waals surface area contributed by atoms with Gasteiger partial charge in [0.05, 0.1) is 29.5 Å². The zero-order chi connectivity index (χ0) is 25.3. The number of esters is 1. The molecule has 6 rings (SSSR count). The van der Waals surface area contributed by atoms with Crippen molar-refractivity contribution in [2.75, 3.05) is 0 Å². The zero-order valence-corrected chi connectivity index (χ0v) is 21.0. The first-order valence-electron chi connectivity index (χ1n) is 12.4. The molecule has 1 spiro atoms. The van der Waals surface area contributed by atoms with Crippen molar-refractivity contribution in [3.05, 3.63) is 47.6 Å². The van der Waals surface area contributed by atoms with Crippen LogP contribution in [0, 0.1) is 27.6 Å². The van der Waals surface area contributed by atoms with Gasteiger partial charge in [0.1, 0.15) is 11.7 Å². The molecular weight excluding hydrogens is 448 g/mol. The van der Waals surface area contributed by atoms with E-state index in [0.717, 1.165) is 5.56 Å². The number of allylic oxidation sites excluding steroid dienone is 4. The molecule has 8 atom stereocenters. The van der Waals surface area contributed by atoms with Gasteiger partial charge in [-0.2, -0.15) is 0 Å². The van der Waals surface area contributed by atoms with Crippen LogP contribution in [0.15, 0.2) is 46.5 Å². The van der Waals surface area contributed by atoms with Crippen molar-refractivity contribution in [2.24, 2.45) is 27.6 Å². The van der Waals surface area contributed by atoms with E-state index in [9.17, 15) is 19.5 Å². The summed E-state index contributed by atoms with van der Waals surface area (Å²) < 4.78 is 17.9. The van der Waals surface area contributed by atoms with E-state index in [1.54, 1.807) is 38.5 Å². The number of hydrogen-bond acceptors (Lipinski definition) is 7. The molecule has 3 fully saturated rings. The average molecular weight is 481 g/mol. The van der Waals surface area contributed by atoms with Gasteiger partial charge in [-0.05, 0) is 62.8 Å². The Morgan fingerprint density at radius 3 is 2.51 bits per heavy atom. The summed E-state index contributed by atoms with van der Waals surface area (Å²) >= 11 is 0. The van der Waals surface area contributed by atoms with E-state index >= 15 is 0 Å². The number of carbonyl (C=O) groups excluding carboxylic acids is 3. The second-order valence-electron chi connectivity index (χ2n) is 12.3. The minimum Gasteiger partial charge on any atom is -0.504 e. The molecule has 7 heteroatoms. The summed E-state index contributed by atoms with van der Waals surface area (Å²) in [6.07, 6.45) is 7.17. The number of fused-ring (bicyclic) bond motifs is 3. The van der Waals surface area contributed by atoms with Gasteiger partial charge in [-0.1, -0.05) is 19.9 Å². The van der Waals surface area contributed by atoms with Crippen molar-refractivity contribution < 1.29 is 33.4 Å². The van der Waals surface area contributed by atoms with Crippen LogP contribution in [0.1, 0.15) is 65.9 Å². The second-order valence-corrected chi connectivity index (χ2v) is 12.3. The third-order valence-corrected chi connectivity index (χ3v) is 10.4. The topological polar surface area (TPSA) is 106 Å². The van der Waals surface area contributed by atoms with Crippen LogP contribution >= 0.6 is 0 Å². The maximum absolute atomic E-state index is 14.3. The van der Waals surface area contributed by atoms with Crippen molar-refractivity contribution in [3.63, 3.8) is 0 Å². The normalized spacial score (nSPS) is 47.0. The Hall–Kier alpha value is -2.67. The summed E-state index contributed by atoms with van der Waals surface area (Å²) in [5.74, 6) is -1.84. The Kier molecular flexibility index (Phi) is 4.14. The molecule has 5 aliphatic rings. The summed E-state index contributed by atoms with van der Waals surface area (Å²) in [5, 5.41) is 11.5. The van der Waals surface area contributed by atoms with Gasteiger partial charge in [-0.15, -0.1) is 0 Å². The third-order valence-electron chi connectivity index (χ3n) is 10.4. The summed E-state index contributed by atoms with van der Waals surface area (Å²) in [7, 11) is 0. The highest BCUT2D eigenvalue weighted by Crippen LogP contribution is 2.81. The van der Waals surface area contributed by atoms with Gasteiger partial charge in [-0.25, -0.2) is 0 Å². The largest absolute Gasteiger partial charge is 0.504 e. The minimum absolute atomic E-state index is 0.0453. The van der Waals surface area contributed by atoms with Crippen LogP contribution in [-0.4, -0.2) is 40.5 Å². The first-order chi connectivity index (χ1) is 16.3. The van der Waals surface area contributed by atoms with Crippen molar-refractivity contribution in [3.8, 4) is 0 Å². The van der Waals surface area contributed by atoms with Crippen LogP contribution in [0.25, 0.3) is 0 Å². The Morgan fingerprint density at radius 2 is 1.89 bits per heavy atom. The maximum Gasteiger partial charge on any atom is 0.302 e. The lowest BCUT2D eigenvalue weighted by atomic mass is 9.38. The molecule has 2 unspecified atom stereocenters. The van der Waals surface area contributed by atoms with Crippen LogP contribution in [0.5, 0.6) is 0 Å². The van der Waals surface area contributed by atoms with Crippen molar-refractivity contribution in [2.45, 2.75) is 78.1 Å². The van der Waals surface area contributed by atoms with E-state index in [1.807, 2.05) is 19.9 Å². The molecule has 7 nitrogen and oxygen atoms in total. The molecule has 2 heterocycles. The van der Waals surface area contributed by atoms with E-state index in [1.165, 1.54) is 6.92 Å². The predicted molar refractivity (Wildman–Crippen MR) is 124 cm³/mol.